The highest BCUT2D eigenvalue weighted by Gasteiger charge is 2.31. The van der Waals surface area contributed by atoms with Crippen LogP contribution < -0.4 is 5.32 Å². The third-order valence-corrected chi connectivity index (χ3v) is 5.52. The highest BCUT2D eigenvalue weighted by Crippen LogP contribution is 2.32. The van der Waals surface area contributed by atoms with E-state index in [1.165, 1.54) is 47.5 Å². The first-order chi connectivity index (χ1) is 16.7. The van der Waals surface area contributed by atoms with Crippen LogP contribution in [0.25, 0.3) is 16.7 Å². The van der Waals surface area contributed by atoms with E-state index in [0.29, 0.717) is 22.7 Å². The first kappa shape index (κ1) is 22.4. The van der Waals surface area contributed by atoms with Crippen molar-refractivity contribution in [3.8, 4) is 5.69 Å². The maximum Gasteiger partial charge on any atom is 0.416 e. The molecule has 35 heavy (non-hydrogen) atoms. The van der Waals surface area contributed by atoms with Crippen molar-refractivity contribution in [3.63, 3.8) is 0 Å². The Balaban J connectivity index is 1.51. The van der Waals surface area contributed by atoms with Gasteiger partial charge in [-0.15, -0.1) is 0 Å². The predicted octanol–water partition coefficient (Wildman–Crippen LogP) is 5.58. The molecule has 0 unspecified atom stereocenters. The second-order valence-electron chi connectivity index (χ2n) is 7.79. The Morgan fingerprint density at radius 3 is 2.57 bits per heavy atom. The Morgan fingerprint density at radius 2 is 1.89 bits per heavy atom. The Hall–Kier alpha value is -4.41. The highest BCUT2D eigenvalue weighted by atomic mass is 19.4. The van der Waals surface area contributed by atoms with Crippen molar-refractivity contribution in [1.29, 1.82) is 0 Å². The molecule has 3 aromatic heterocycles. The number of nitrogens with one attached hydrogen (secondary N) is 1. The van der Waals surface area contributed by atoms with Crippen LogP contribution in [0.15, 0.2) is 71.5 Å². The van der Waals surface area contributed by atoms with Crippen molar-refractivity contribution in [2.45, 2.75) is 19.6 Å². The second-order valence-corrected chi connectivity index (χ2v) is 7.79. The molecule has 5 aromatic rings. The molecular weight excluding hydrogens is 466 g/mol. The number of imidazole rings is 1. The Morgan fingerprint density at radius 1 is 1.11 bits per heavy atom. The summed E-state index contributed by atoms with van der Waals surface area (Å²) in [5.41, 5.74) is 0.891. The number of amides is 1. The quantitative estimate of drug-likeness (QED) is 0.331. The number of nitrogens with zero attached hydrogens (tertiary/aromatic N) is 4. The van der Waals surface area contributed by atoms with Crippen molar-refractivity contribution < 1.29 is 26.8 Å². The number of halogens is 4. The molecular formula is C24H17F4N5O2. The Kier molecular flexibility index (Phi) is 5.39. The third-order valence-electron chi connectivity index (χ3n) is 5.52. The van der Waals surface area contributed by atoms with Crippen molar-refractivity contribution in [2.75, 3.05) is 5.32 Å². The fourth-order valence-electron chi connectivity index (χ4n) is 3.76. The Labute approximate surface area is 195 Å². The van der Waals surface area contributed by atoms with Crippen LogP contribution in [0.2, 0.25) is 0 Å². The van der Waals surface area contributed by atoms with Crippen LogP contribution in [-0.2, 0) is 12.7 Å². The van der Waals surface area contributed by atoms with Crippen LogP contribution in [0.5, 0.6) is 0 Å². The lowest BCUT2D eigenvalue weighted by Gasteiger charge is -2.10. The van der Waals surface area contributed by atoms with Crippen molar-refractivity contribution in [3.05, 3.63) is 95.5 Å². The zero-order chi connectivity index (χ0) is 24.7. The van der Waals surface area contributed by atoms with E-state index in [0.717, 1.165) is 12.1 Å². The van der Waals surface area contributed by atoms with Gasteiger partial charge in [0.2, 0.25) is 5.95 Å². The predicted molar refractivity (Wildman–Crippen MR) is 119 cm³/mol. The van der Waals surface area contributed by atoms with Gasteiger partial charge in [0, 0.05) is 0 Å². The summed E-state index contributed by atoms with van der Waals surface area (Å²) in [5, 5.41) is 6.89. The second kappa shape index (κ2) is 8.42. The van der Waals surface area contributed by atoms with E-state index in [4.69, 9.17) is 4.42 Å². The lowest BCUT2D eigenvalue weighted by atomic mass is 10.2. The molecule has 7 nitrogen and oxygen atoms in total. The smallest absolute Gasteiger partial charge is 0.416 e. The number of fused-ring (bicyclic) bond motifs is 1. The van der Waals surface area contributed by atoms with Crippen LogP contribution in [0.1, 0.15) is 27.4 Å². The summed E-state index contributed by atoms with van der Waals surface area (Å²) in [7, 11) is 0. The lowest BCUT2D eigenvalue weighted by Crippen LogP contribution is -2.17. The normalized spacial score (nSPS) is 11.8. The molecule has 5 rings (SSSR count). The molecule has 0 aliphatic carbocycles. The number of carbonyl (C=O) groups excluding carboxylic acids is 1. The minimum absolute atomic E-state index is 0.0506. The van der Waals surface area contributed by atoms with E-state index in [9.17, 15) is 22.4 Å². The van der Waals surface area contributed by atoms with Crippen molar-refractivity contribution in [2.24, 2.45) is 0 Å². The number of aromatic nitrogens is 4. The number of hydrogen-bond acceptors (Lipinski definition) is 4. The summed E-state index contributed by atoms with van der Waals surface area (Å²) in [4.78, 5) is 17.4. The van der Waals surface area contributed by atoms with Gasteiger partial charge in [0.25, 0.3) is 5.91 Å². The molecule has 178 valence electrons. The van der Waals surface area contributed by atoms with Crippen molar-refractivity contribution >= 4 is 22.9 Å². The molecule has 0 aliphatic rings. The average molecular weight is 483 g/mol. The minimum Gasteiger partial charge on any atom is -0.467 e. The maximum atomic E-state index is 13.3. The van der Waals surface area contributed by atoms with E-state index in [1.54, 1.807) is 23.6 Å². The zero-order valence-corrected chi connectivity index (χ0v) is 18.2. The van der Waals surface area contributed by atoms with Gasteiger partial charge >= 0.3 is 6.18 Å². The van der Waals surface area contributed by atoms with E-state index >= 15 is 0 Å². The molecule has 0 atom stereocenters. The van der Waals surface area contributed by atoms with Gasteiger partial charge in [-0.1, -0.05) is 0 Å². The Bertz CT molecular complexity index is 1520. The summed E-state index contributed by atoms with van der Waals surface area (Å²) in [6.45, 7) is 1.81. The fraction of sp³-hybridized carbons (Fsp3) is 0.125. The molecule has 1 amide bonds. The van der Waals surface area contributed by atoms with E-state index < -0.39 is 23.5 Å². The van der Waals surface area contributed by atoms with Gasteiger partial charge < -0.3 is 8.98 Å². The van der Waals surface area contributed by atoms with Gasteiger partial charge in [0.15, 0.2) is 0 Å². The largest absolute Gasteiger partial charge is 0.467 e. The summed E-state index contributed by atoms with van der Waals surface area (Å²) in [6, 6.07) is 12.2. The standard InChI is InChI=1S/C24H17F4N5O2/c1-14-19(12-29-33(14)17-7-5-16(25)6-8-17)22(34)31-23-30-20-11-15(24(26,27)28)4-9-21(20)32(23)13-18-3-2-10-35-18/h2-12H,13H2,1H3,(H,30,31,34). The molecule has 11 heteroatoms. The highest BCUT2D eigenvalue weighted by molar-refractivity contribution is 6.04. The van der Waals surface area contributed by atoms with Crippen LogP contribution in [-0.4, -0.2) is 25.2 Å². The van der Waals surface area contributed by atoms with Gasteiger partial charge in [-0.3, -0.25) is 10.1 Å². The van der Waals surface area contributed by atoms with Crippen LogP contribution in [0, 0.1) is 12.7 Å². The number of benzene rings is 2. The summed E-state index contributed by atoms with van der Waals surface area (Å²) in [6.07, 6.45) is -1.70. The number of furan rings is 1. The van der Waals surface area contributed by atoms with E-state index in [1.807, 2.05) is 0 Å². The molecule has 0 bridgehead atoms. The number of alkyl halides is 3. The SMILES string of the molecule is Cc1c(C(=O)Nc2nc3cc(C(F)(F)F)ccc3n2Cc2ccco2)cnn1-c1ccc(F)cc1. The zero-order valence-electron chi connectivity index (χ0n) is 18.2. The number of rotatable bonds is 5. The first-order valence-corrected chi connectivity index (χ1v) is 10.4. The lowest BCUT2D eigenvalue weighted by molar-refractivity contribution is -0.137. The van der Waals surface area contributed by atoms with Gasteiger partial charge in [-0.25, -0.2) is 14.1 Å². The molecule has 0 fully saturated rings. The van der Waals surface area contributed by atoms with Gasteiger partial charge in [-0.05, 0) is 61.5 Å². The first-order valence-electron chi connectivity index (χ1n) is 10.4. The fourth-order valence-corrected chi connectivity index (χ4v) is 3.76. The van der Waals surface area contributed by atoms with E-state index in [2.05, 4.69) is 15.4 Å². The summed E-state index contributed by atoms with van der Waals surface area (Å²) < 4.78 is 61.3. The summed E-state index contributed by atoms with van der Waals surface area (Å²) >= 11 is 0. The molecule has 0 aliphatic heterocycles. The van der Waals surface area contributed by atoms with Crippen LogP contribution in [0.3, 0.4) is 0 Å². The number of carbonyl (C=O) groups is 1. The van der Waals surface area contributed by atoms with Gasteiger partial charge in [0.05, 0.1) is 52.5 Å². The van der Waals surface area contributed by atoms with Gasteiger partial charge in [0.1, 0.15) is 11.6 Å². The van der Waals surface area contributed by atoms with E-state index in [-0.39, 0.29) is 23.6 Å². The maximum absolute atomic E-state index is 13.3. The number of hydrogen-bond donors (Lipinski definition) is 1. The monoisotopic (exact) mass is 483 g/mol. The van der Waals surface area contributed by atoms with Crippen LogP contribution >= 0.6 is 0 Å². The molecule has 0 radical (unpaired) electrons. The topological polar surface area (TPSA) is 77.9 Å². The molecule has 3 heterocycles. The van der Waals surface area contributed by atoms with Gasteiger partial charge in [-0.2, -0.15) is 18.3 Å². The molecule has 1 N–H and O–H groups in total. The molecule has 0 saturated carbocycles. The molecule has 0 saturated heterocycles. The summed E-state index contributed by atoms with van der Waals surface area (Å²) in [5.74, 6) is -0.377. The third kappa shape index (κ3) is 4.27. The minimum atomic E-state index is -4.53. The van der Waals surface area contributed by atoms with Crippen molar-refractivity contribution in [1.82, 2.24) is 19.3 Å². The average Bonchev–Trinajstić information content (AvgIpc) is 3.54. The molecule has 2 aromatic carbocycles. The van der Waals surface area contributed by atoms with Crippen LogP contribution in [0.4, 0.5) is 23.5 Å². The number of anilines is 1. The molecule has 0 spiro atoms.